The molecule has 0 aliphatic carbocycles. The SMILES string of the molecule is CC(C)S(=O)(=O)c1nc(C(F)(F)F)ccc1C(=O)O. The van der Waals surface area contributed by atoms with Crippen LogP contribution in [0.5, 0.6) is 0 Å². The first kappa shape index (κ1) is 15.4. The number of sulfone groups is 1. The van der Waals surface area contributed by atoms with Crippen LogP contribution < -0.4 is 0 Å². The smallest absolute Gasteiger partial charge is 0.433 e. The zero-order valence-electron chi connectivity index (χ0n) is 9.89. The Morgan fingerprint density at radius 2 is 1.84 bits per heavy atom. The van der Waals surface area contributed by atoms with Gasteiger partial charge in [-0.2, -0.15) is 13.2 Å². The Bertz CT molecular complexity index is 608. The van der Waals surface area contributed by atoms with Crippen LogP contribution in [0.2, 0.25) is 0 Å². The van der Waals surface area contributed by atoms with Crippen LogP contribution in [0.1, 0.15) is 29.9 Å². The molecule has 0 aromatic carbocycles. The summed E-state index contributed by atoms with van der Waals surface area (Å²) in [5.74, 6) is -1.65. The first-order valence-electron chi connectivity index (χ1n) is 5.03. The van der Waals surface area contributed by atoms with Crippen molar-refractivity contribution in [2.45, 2.75) is 30.3 Å². The van der Waals surface area contributed by atoms with E-state index in [2.05, 4.69) is 4.98 Å². The molecular weight excluding hydrogens is 287 g/mol. The van der Waals surface area contributed by atoms with E-state index in [-0.39, 0.29) is 0 Å². The highest BCUT2D eigenvalue weighted by Crippen LogP contribution is 2.30. The highest BCUT2D eigenvalue weighted by atomic mass is 32.2. The second kappa shape index (κ2) is 4.80. The molecule has 0 bridgehead atoms. The topological polar surface area (TPSA) is 84.3 Å². The van der Waals surface area contributed by atoms with Gasteiger partial charge in [-0.25, -0.2) is 18.2 Å². The molecule has 1 rings (SSSR count). The number of hydrogen-bond acceptors (Lipinski definition) is 4. The first-order chi connectivity index (χ1) is 8.48. The summed E-state index contributed by atoms with van der Waals surface area (Å²) in [5.41, 5.74) is -2.22. The summed E-state index contributed by atoms with van der Waals surface area (Å²) >= 11 is 0. The molecule has 1 heterocycles. The highest BCUT2D eigenvalue weighted by Gasteiger charge is 2.36. The lowest BCUT2D eigenvalue weighted by atomic mass is 10.2. The largest absolute Gasteiger partial charge is 0.478 e. The van der Waals surface area contributed by atoms with Crippen LogP contribution in [0, 0.1) is 0 Å². The third-order valence-corrected chi connectivity index (χ3v) is 4.36. The number of nitrogens with zero attached hydrogens (tertiary/aromatic N) is 1. The van der Waals surface area contributed by atoms with Gasteiger partial charge in [-0.05, 0) is 26.0 Å². The van der Waals surface area contributed by atoms with Crippen molar-refractivity contribution in [1.82, 2.24) is 4.98 Å². The molecular formula is C10H10F3NO4S. The maximum Gasteiger partial charge on any atom is 0.433 e. The van der Waals surface area contributed by atoms with E-state index in [1.165, 1.54) is 13.8 Å². The zero-order chi connectivity index (χ0) is 15.0. The Labute approximate surface area is 107 Å². The van der Waals surface area contributed by atoms with Crippen molar-refractivity contribution in [2.75, 3.05) is 0 Å². The fourth-order valence-corrected chi connectivity index (χ4v) is 2.34. The Hall–Kier alpha value is -1.64. The minimum atomic E-state index is -4.85. The molecule has 0 saturated heterocycles. The van der Waals surface area contributed by atoms with Gasteiger partial charge < -0.3 is 5.11 Å². The molecule has 0 fully saturated rings. The van der Waals surface area contributed by atoms with E-state index in [0.29, 0.717) is 12.1 Å². The highest BCUT2D eigenvalue weighted by molar-refractivity contribution is 7.92. The average molecular weight is 297 g/mol. The lowest BCUT2D eigenvalue weighted by Gasteiger charge is -2.12. The molecule has 5 nitrogen and oxygen atoms in total. The number of aromatic nitrogens is 1. The molecule has 0 aliphatic heterocycles. The third kappa shape index (κ3) is 3.03. The number of carbonyl (C=O) groups is 1. The molecule has 9 heteroatoms. The Balaban J connectivity index is 3.63. The van der Waals surface area contributed by atoms with Gasteiger partial charge in [0.25, 0.3) is 0 Å². The molecule has 0 saturated carbocycles. The number of aromatic carboxylic acids is 1. The van der Waals surface area contributed by atoms with Crippen molar-refractivity contribution in [2.24, 2.45) is 0 Å². The molecule has 1 aromatic heterocycles. The number of rotatable bonds is 3. The summed E-state index contributed by atoms with van der Waals surface area (Å²) in [4.78, 5) is 13.8. The average Bonchev–Trinajstić information content (AvgIpc) is 2.26. The number of pyridine rings is 1. The third-order valence-electron chi connectivity index (χ3n) is 2.27. The number of carboxylic acid groups (broad SMARTS) is 1. The Morgan fingerprint density at radius 3 is 2.21 bits per heavy atom. The first-order valence-corrected chi connectivity index (χ1v) is 6.58. The number of hydrogen-bond donors (Lipinski definition) is 1. The van der Waals surface area contributed by atoms with Gasteiger partial charge in [-0.1, -0.05) is 0 Å². The lowest BCUT2D eigenvalue weighted by molar-refractivity contribution is -0.141. The van der Waals surface area contributed by atoms with Gasteiger partial charge in [0.15, 0.2) is 14.9 Å². The summed E-state index contributed by atoms with van der Waals surface area (Å²) < 4.78 is 61.1. The number of alkyl halides is 3. The second-order valence-corrected chi connectivity index (χ2v) is 6.37. The predicted molar refractivity (Wildman–Crippen MR) is 58.5 cm³/mol. The fraction of sp³-hybridized carbons (Fsp3) is 0.400. The van der Waals surface area contributed by atoms with Crippen LogP contribution in [-0.2, 0) is 16.0 Å². The molecule has 1 aromatic rings. The van der Waals surface area contributed by atoms with Crippen molar-refractivity contribution in [1.29, 1.82) is 0 Å². The van der Waals surface area contributed by atoms with Crippen molar-refractivity contribution in [3.8, 4) is 0 Å². The van der Waals surface area contributed by atoms with E-state index in [1.54, 1.807) is 0 Å². The van der Waals surface area contributed by atoms with Gasteiger partial charge in [0.05, 0.1) is 10.8 Å². The van der Waals surface area contributed by atoms with E-state index in [4.69, 9.17) is 5.11 Å². The van der Waals surface area contributed by atoms with E-state index < -0.39 is 43.5 Å². The van der Waals surface area contributed by atoms with Gasteiger partial charge in [-0.15, -0.1) is 0 Å². The molecule has 19 heavy (non-hydrogen) atoms. The van der Waals surface area contributed by atoms with Crippen LogP contribution in [0.15, 0.2) is 17.2 Å². The van der Waals surface area contributed by atoms with Crippen LogP contribution >= 0.6 is 0 Å². The lowest BCUT2D eigenvalue weighted by Crippen LogP contribution is -2.21. The summed E-state index contributed by atoms with van der Waals surface area (Å²) in [6.45, 7) is 2.45. The predicted octanol–water partition coefficient (Wildman–Crippen LogP) is 1.98. The van der Waals surface area contributed by atoms with Crippen molar-refractivity contribution in [3.05, 3.63) is 23.4 Å². The molecule has 0 atom stereocenters. The van der Waals surface area contributed by atoms with Gasteiger partial charge in [0.1, 0.15) is 5.69 Å². The minimum absolute atomic E-state index is 0.433. The van der Waals surface area contributed by atoms with Crippen molar-refractivity contribution >= 4 is 15.8 Å². The Kier molecular flexibility index (Phi) is 3.89. The number of halogens is 3. The standard InChI is InChI=1S/C10H10F3NO4S/c1-5(2)19(17,18)8-6(9(15)16)3-4-7(14-8)10(11,12)13/h3-5H,1-2H3,(H,15,16). The normalized spacial score (nSPS) is 12.7. The monoisotopic (exact) mass is 297 g/mol. The van der Waals surface area contributed by atoms with E-state index in [1.807, 2.05) is 0 Å². The zero-order valence-corrected chi connectivity index (χ0v) is 10.7. The summed E-state index contributed by atoms with van der Waals surface area (Å²) in [5, 5.41) is 6.67. The molecule has 1 N–H and O–H groups in total. The minimum Gasteiger partial charge on any atom is -0.478 e. The van der Waals surface area contributed by atoms with E-state index in [0.717, 1.165) is 0 Å². The maximum absolute atomic E-state index is 12.5. The quantitative estimate of drug-likeness (QED) is 0.922. The molecule has 106 valence electrons. The molecule has 0 radical (unpaired) electrons. The number of carboxylic acids is 1. The van der Waals surface area contributed by atoms with Gasteiger partial charge in [-0.3, -0.25) is 0 Å². The molecule has 0 amide bonds. The van der Waals surface area contributed by atoms with Gasteiger partial charge in [0, 0.05) is 0 Å². The summed E-state index contributed by atoms with van der Waals surface area (Å²) in [7, 11) is -4.23. The second-order valence-electron chi connectivity index (χ2n) is 3.95. The van der Waals surface area contributed by atoms with Crippen LogP contribution in [-0.4, -0.2) is 29.7 Å². The van der Waals surface area contributed by atoms with E-state index in [9.17, 15) is 26.4 Å². The van der Waals surface area contributed by atoms with Crippen molar-refractivity contribution < 1.29 is 31.5 Å². The van der Waals surface area contributed by atoms with Crippen LogP contribution in [0.3, 0.4) is 0 Å². The summed E-state index contributed by atoms with van der Waals surface area (Å²) in [6.07, 6.45) is -4.85. The van der Waals surface area contributed by atoms with Crippen molar-refractivity contribution in [3.63, 3.8) is 0 Å². The molecule has 0 aliphatic rings. The van der Waals surface area contributed by atoms with Gasteiger partial charge in [0.2, 0.25) is 0 Å². The van der Waals surface area contributed by atoms with Crippen LogP contribution in [0.4, 0.5) is 13.2 Å². The van der Waals surface area contributed by atoms with Crippen LogP contribution in [0.25, 0.3) is 0 Å². The summed E-state index contributed by atoms with van der Waals surface area (Å²) in [6, 6.07) is 1.02. The Morgan fingerprint density at radius 1 is 1.32 bits per heavy atom. The van der Waals surface area contributed by atoms with E-state index >= 15 is 0 Å². The molecule has 0 unspecified atom stereocenters. The van der Waals surface area contributed by atoms with Gasteiger partial charge >= 0.3 is 12.1 Å². The maximum atomic E-state index is 12.5. The fourth-order valence-electron chi connectivity index (χ4n) is 1.20. The molecule has 0 spiro atoms.